The van der Waals surface area contributed by atoms with E-state index >= 15 is 0 Å². The number of fused-ring (bicyclic) bond motifs is 4. The molecule has 2 fully saturated rings. The fourth-order valence-electron chi connectivity index (χ4n) is 5.32. The Hall–Kier alpha value is -1.48. The fraction of sp³-hybridized carbons (Fsp3) is 0.556. The summed E-state index contributed by atoms with van der Waals surface area (Å²) in [5.74, 6) is 2.97. The van der Waals surface area contributed by atoms with E-state index in [4.69, 9.17) is 4.42 Å². The van der Waals surface area contributed by atoms with Crippen LogP contribution in [0.25, 0.3) is 11.0 Å². The van der Waals surface area contributed by atoms with Gasteiger partial charge in [0.1, 0.15) is 17.1 Å². The number of hydrogen-bond donors (Lipinski definition) is 1. The fourth-order valence-corrected chi connectivity index (χ4v) is 5.32. The van der Waals surface area contributed by atoms with Crippen LogP contribution in [0.3, 0.4) is 0 Å². The van der Waals surface area contributed by atoms with Crippen molar-refractivity contribution in [3.05, 3.63) is 29.5 Å². The third-order valence-electron chi connectivity index (χ3n) is 6.13. The Labute approximate surface area is 124 Å². The van der Waals surface area contributed by atoms with Crippen LogP contribution in [0.5, 0.6) is 5.75 Å². The van der Waals surface area contributed by atoms with Crippen molar-refractivity contribution in [3.63, 3.8) is 0 Å². The molecule has 4 heterocycles. The number of hydrogen-bond acceptors (Lipinski definition) is 3. The first kappa shape index (κ1) is 12.1. The number of rotatable bonds is 1. The predicted octanol–water partition coefficient (Wildman–Crippen LogP) is 3.65. The Bertz CT molecular complexity index is 719. The second-order valence-electron chi connectivity index (χ2n) is 7.00. The maximum atomic E-state index is 9.79. The summed E-state index contributed by atoms with van der Waals surface area (Å²) in [7, 11) is 0. The maximum absolute atomic E-state index is 9.79. The minimum atomic E-state index is 0.341. The lowest BCUT2D eigenvalue weighted by atomic mass is 9.78. The van der Waals surface area contributed by atoms with Crippen molar-refractivity contribution >= 4 is 11.0 Å². The van der Waals surface area contributed by atoms with E-state index in [1.54, 1.807) is 6.07 Å². The molecular formula is C18H21NO2. The molecule has 0 amide bonds. The van der Waals surface area contributed by atoms with E-state index in [-0.39, 0.29) is 0 Å². The average Bonchev–Trinajstić information content (AvgIpc) is 3.08. The lowest BCUT2D eigenvalue weighted by Crippen LogP contribution is -2.32. The van der Waals surface area contributed by atoms with Crippen molar-refractivity contribution in [3.8, 4) is 5.75 Å². The van der Waals surface area contributed by atoms with Crippen molar-refractivity contribution in [2.75, 3.05) is 6.54 Å². The monoisotopic (exact) mass is 283 g/mol. The minimum Gasteiger partial charge on any atom is -0.508 e. The SMILES string of the molecule is CCC1CC2C[C@H]3c4oc5ccc(O)cc5c4CCN2C13. The van der Waals surface area contributed by atoms with E-state index in [0.717, 1.165) is 35.9 Å². The molecule has 0 saturated carbocycles. The summed E-state index contributed by atoms with van der Waals surface area (Å²) in [5, 5.41) is 10.9. The molecule has 4 bridgehead atoms. The molecule has 3 nitrogen and oxygen atoms in total. The molecular weight excluding hydrogens is 262 g/mol. The average molecular weight is 283 g/mol. The molecule has 0 spiro atoms. The van der Waals surface area contributed by atoms with Crippen LogP contribution >= 0.6 is 0 Å². The van der Waals surface area contributed by atoms with Crippen LogP contribution in [-0.4, -0.2) is 28.6 Å². The Morgan fingerprint density at radius 1 is 1.33 bits per heavy atom. The normalized spacial score (nSPS) is 36.9. The molecule has 110 valence electrons. The largest absolute Gasteiger partial charge is 0.508 e. The Balaban J connectivity index is 1.69. The van der Waals surface area contributed by atoms with Gasteiger partial charge in [-0.1, -0.05) is 13.3 Å². The molecule has 0 radical (unpaired) electrons. The van der Waals surface area contributed by atoms with Gasteiger partial charge in [0.2, 0.25) is 0 Å². The maximum Gasteiger partial charge on any atom is 0.134 e. The van der Waals surface area contributed by atoms with Crippen molar-refractivity contribution in [1.82, 2.24) is 4.90 Å². The zero-order chi connectivity index (χ0) is 14.1. The molecule has 5 atom stereocenters. The molecule has 0 aliphatic carbocycles. The molecule has 5 rings (SSSR count). The van der Waals surface area contributed by atoms with E-state index < -0.39 is 0 Å². The van der Waals surface area contributed by atoms with Gasteiger partial charge in [0.15, 0.2) is 0 Å². The van der Waals surface area contributed by atoms with Gasteiger partial charge in [-0.05, 0) is 43.4 Å². The molecule has 4 unspecified atom stereocenters. The lowest BCUT2D eigenvalue weighted by Gasteiger charge is -2.27. The summed E-state index contributed by atoms with van der Waals surface area (Å²) in [6, 6.07) is 6.99. The van der Waals surface area contributed by atoms with Gasteiger partial charge < -0.3 is 9.52 Å². The van der Waals surface area contributed by atoms with Gasteiger partial charge in [-0.15, -0.1) is 0 Å². The molecule has 2 saturated heterocycles. The quantitative estimate of drug-likeness (QED) is 0.868. The summed E-state index contributed by atoms with van der Waals surface area (Å²) in [6.45, 7) is 3.48. The zero-order valence-electron chi connectivity index (χ0n) is 12.4. The van der Waals surface area contributed by atoms with Gasteiger partial charge >= 0.3 is 0 Å². The van der Waals surface area contributed by atoms with Crippen LogP contribution in [0, 0.1) is 5.92 Å². The van der Waals surface area contributed by atoms with E-state index in [1.807, 2.05) is 12.1 Å². The number of aromatic hydroxyl groups is 1. The van der Waals surface area contributed by atoms with Crippen LogP contribution in [0.15, 0.2) is 22.6 Å². The van der Waals surface area contributed by atoms with Gasteiger partial charge in [0.05, 0.1) is 0 Å². The van der Waals surface area contributed by atoms with E-state index in [9.17, 15) is 5.11 Å². The summed E-state index contributed by atoms with van der Waals surface area (Å²) in [5.41, 5.74) is 2.30. The molecule has 21 heavy (non-hydrogen) atoms. The van der Waals surface area contributed by atoms with E-state index in [1.165, 1.54) is 30.6 Å². The van der Waals surface area contributed by atoms with Gasteiger partial charge in [-0.2, -0.15) is 0 Å². The second kappa shape index (κ2) is 4.04. The molecule has 1 N–H and O–H groups in total. The van der Waals surface area contributed by atoms with Crippen molar-refractivity contribution in [2.24, 2.45) is 5.92 Å². The standard InChI is InChI=1S/C18H21NO2/c1-2-10-7-11-8-15-17(10)19(11)6-5-13-14-9-12(20)3-4-16(14)21-18(13)15/h3-4,9-11,15,17,20H,2,5-8H2,1H3/t10?,11?,15-,17?/m1/s1. The van der Waals surface area contributed by atoms with Crippen LogP contribution in [0.4, 0.5) is 0 Å². The molecule has 3 aliphatic heterocycles. The molecule has 1 aromatic carbocycles. The number of benzene rings is 1. The lowest BCUT2D eigenvalue weighted by molar-refractivity contribution is 0.230. The van der Waals surface area contributed by atoms with Crippen LogP contribution in [0.2, 0.25) is 0 Å². The summed E-state index contributed by atoms with van der Waals surface area (Å²) >= 11 is 0. The zero-order valence-corrected chi connectivity index (χ0v) is 12.4. The van der Waals surface area contributed by atoms with E-state index in [2.05, 4.69) is 11.8 Å². The first-order valence-electron chi connectivity index (χ1n) is 8.26. The number of nitrogens with zero attached hydrogens (tertiary/aromatic N) is 1. The molecule has 2 aromatic rings. The highest BCUT2D eigenvalue weighted by Crippen LogP contribution is 2.54. The van der Waals surface area contributed by atoms with Crippen LogP contribution < -0.4 is 0 Å². The summed E-state index contributed by atoms with van der Waals surface area (Å²) in [6.07, 6.45) is 4.99. The van der Waals surface area contributed by atoms with Gasteiger partial charge in [-0.25, -0.2) is 0 Å². The summed E-state index contributed by atoms with van der Waals surface area (Å²) in [4.78, 5) is 2.75. The van der Waals surface area contributed by atoms with Crippen molar-refractivity contribution in [1.29, 1.82) is 0 Å². The first-order chi connectivity index (χ1) is 10.3. The highest BCUT2D eigenvalue weighted by Gasteiger charge is 2.54. The Morgan fingerprint density at radius 3 is 3.10 bits per heavy atom. The predicted molar refractivity (Wildman–Crippen MR) is 81.6 cm³/mol. The van der Waals surface area contributed by atoms with Crippen molar-refractivity contribution < 1.29 is 9.52 Å². The Morgan fingerprint density at radius 2 is 2.24 bits per heavy atom. The highest BCUT2D eigenvalue weighted by molar-refractivity contribution is 5.84. The number of furan rings is 1. The topological polar surface area (TPSA) is 36.6 Å². The molecule has 3 heteroatoms. The van der Waals surface area contributed by atoms with E-state index in [0.29, 0.717) is 17.7 Å². The van der Waals surface area contributed by atoms with Crippen LogP contribution in [-0.2, 0) is 6.42 Å². The third kappa shape index (κ3) is 1.48. The van der Waals surface area contributed by atoms with Crippen molar-refractivity contribution in [2.45, 2.75) is 50.6 Å². The number of phenols is 1. The van der Waals surface area contributed by atoms with Gasteiger partial charge in [-0.3, -0.25) is 4.90 Å². The Kier molecular flexibility index (Phi) is 2.33. The van der Waals surface area contributed by atoms with Gasteiger partial charge in [0.25, 0.3) is 0 Å². The van der Waals surface area contributed by atoms with Gasteiger partial charge in [0, 0.05) is 35.5 Å². The second-order valence-corrected chi connectivity index (χ2v) is 7.00. The molecule has 3 aliphatic rings. The molecule has 1 aromatic heterocycles. The number of phenolic OH excluding ortho intramolecular Hbond substituents is 1. The highest BCUT2D eigenvalue weighted by atomic mass is 16.3. The minimum absolute atomic E-state index is 0.341. The van der Waals surface area contributed by atoms with Crippen LogP contribution in [0.1, 0.15) is 43.4 Å². The summed E-state index contributed by atoms with van der Waals surface area (Å²) < 4.78 is 6.26. The smallest absolute Gasteiger partial charge is 0.134 e. The first-order valence-corrected chi connectivity index (χ1v) is 8.26. The third-order valence-corrected chi connectivity index (χ3v) is 6.13.